The second-order valence-electron chi connectivity index (χ2n) is 5.42. The van der Waals surface area contributed by atoms with Crippen LogP contribution in [0, 0.1) is 12.8 Å². The fourth-order valence-electron chi connectivity index (χ4n) is 2.12. The van der Waals surface area contributed by atoms with Gasteiger partial charge in [0.2, 0.25) is 5.88 Å². The van der Waals surface area contributed by atoms with Gasteiger partial charge in [0.15, 0.2) is 0 Å². The number of hydrogen-bond acceptors (Lipinski definition) is 5. The van der Waals surface area contributed by atoms with Crippen LogP contribution in [0.1, 0.15) is 32.9 Å². The van der Waals surface area contributed by atoms with Gasteiger partial charge < -0.3 is 14.8 Å². The maximum Gasteiger partial charge on any atom is 0.320 e. The molecule has 2 unspecified atom stereocenters. The summed E-state index contributed by atoms with van der Waals surface area (Å²) in [6.45, 7) is 9.98. The van der Waals surface area contributed by atoms with Crippen molar-refractivity contribution in [2.75, 3.05) is 13.1 Å². The molecular weight excluding hydrogens is 242 g/mol. The standard InChI is InChI=1S/C14H23N3O2/c1-9(2)18-13-7-11(4)16-14(17-13)19-12-8-15-6-5-10(12)3/h7,9-10,12,15H,5-6,8H2,1-4H3. The van der Waals surface area contributed by atoms with Crippen molar-refractivity contribution >= 4 is 0 Å². The molecule has 0 aromatic carbocycles. The predicted octanol–water partition coefficient (Wildman–Crippen LogP) is 1.95. The summed E-state index contributed by atoms with van der Waals surface area (Å²) in [6, 6.07) is 2.24. The molecule has 19 heavy (non-hydrogen) atoms. The molecule has 0 saturated carbocycles. The van der Waals surface area contributed by atoms with Gasteiger partial charge in [0.05, 0.1) is 6.10 Å². The Hall–Kier alpha value is -1.36. The zero-order valence-corrected chi connectivity index (χ0v) is 12.1. The van der Waals surface area contributed by atoms with E-state index < -0.39 is 0 Å². The van der Waals surface area contributed by atoms with E-state index in [2.05, 4.69) is 22.2 Å². The summed E-state index contributed by atoms with van der Waals surface area (Å²) in [5, 5.41) is 3.34. The molecule has 1 aromatic rings. The molecule has 0 aliphatic carbocycles. The van der Waals surface area contributed by atoms with E-state index in [0.717, 1.165) is 25.2 Å². The van der Waals surface area contributed by atoms with E-state index in [1.54, 1.807) is 0 Å². The summed E-state index contributed by atoms with van der Waals surface area (Å²) in [5.41, 5.74) is 0.858. The van der Waals surface area contributed by atoms with Crippen LogP contribution in [0.4, 0.5) is 0 Å². The largest absolute Gasteiger partial charge is 0.475 e. The SMILES string of the molecule is Cc1cc(OC(C)C)nc(OC2CNCCC2C)n1. The minimum atomic E-state index is 0.0948. The number of hydrogen-bond donors (Lipinski definition) is 1. The number of aromatic nitrogens is 2. The van der Waals surface area contributed by atoms with Crippen molar-refractivity contribution in [1.82, 2.24) is 15.3 Å². The van der Waals surface area contributed by atoms with Crippen molar-refractivity contribution in [2.45, 2.75) is 46.3 Å². The van der Waals surface area contributed by atoms with Crippen LogP contribution >= 0.6 is 0 Å². The van der Waals surface area contributed by atoms with Crippen LogP contribution in [0.25, 0.3) is 0 Å². The lowest BCUT2D eigenvalue weighted by Crippen LogP contribution is -2.43. The normalized spacial score (nSPS) is 23.4. The highest BCUT2D eigenvalue weighted by Gasteiger charge is 2.23. The summed E-state index contributed by atoms with van der Waals surface area (Å²) in [7, 11) is 0. The van der Waals surface area contributed by atoms with E-state index in [9.17, 15) is 0 Å². The molecule has 1 fully saturated rings. The first-order chi connectivity index (χ1) is 9.04. The smallest absolute Gasteiger partial charge is 0.320 e. The average molecular weight is 265 g/mol. The van der Waals surface area contributed by atoms with Crippen molar-refractivity contribution in [2.24, 2.45) is 5.92 Å². The molecule has 0 spiro atoms. The molecule has 5 nitrogen and oxygen atoms in total. The zero-order chi connectivity index (χ0) is 13.8. The molecule has 1 aliphatic rings. The first kappa shape index (κ1) is 14.1. The Morgan fingerprint density at radius 3 is 2.84 bits per heavy atom. The molecule has 1 aliphatic heterocycles. The molecule has 1 N–H and O–H groups in total. The number of piperidine rings is 1. The second-order valence-corrected chi connectivity index (χ2v) is 5.42. The van der Waals surface area contributed by atoms with Crippen LogP contribution < -0.4 is 14.8 Å². The van der Waals surface area contributed by atoms with Gasteiger partial charge in [-0.1, -0.05) is 6.92 Å². The molecule has 2 rings (SSSR count). The molecule has 2 heterocycles. The molecular formula is C14H23N3O2. The van der Waals surface area contributed by atoms with Gasteiger partial charge in [-0.15, -0.1) is 0 Å². The quantitative estimate of drug-likeness (QED) is 0.901. The van der Waals surface area contributed by atoms with Crippen LogP contribution in [0.15, 0.2) is 6.07 Å². The second kappa shape index (κ2) is 6.19. The highest BCUT2D eigenvalue weighted by atomic mass is 16.5. The van der Waals surface area contributed by atoms with Crippen LogP contribution in [0.2, 0.25) is 0 Å². The van der Waals surface area contributed by atoms with Crippen molar-refractivity contribution in [1.29, 1.82) is 0 Å². The van der Waals surface area contributed by atoms with Gasteiger partial charge in [-0.25, -0.2) is 4.98 Å². The Balaban J connectivity index is 2.08. The summed E-state index contributed by atoms with van der Waals surface area (Å²) in [5.74, 6) is 1.09. The first-order valence-electron chi connectivity index (χ1n) is 6.94. The lowest BCUT2D eigenvalue weighted by atomic mass is 9.97. The lowest BCUT2D eigenvalue weighted by molar-refractivity contribution is 0.102. The van der Waals surface area contributed by atoms with E-state index in [1.165, 1.54) is 0 Å². The van der Waals surface area contributed by atoms with Crippen LogP contribution in [0.5, 0.6) is 11.9 Å². The summed E-state index contributed by atoms with van der Waals surface area (Å²) < 4.78 is 11.5. The fourth-order valence-corrected chi connectivity index (χ4v) is 2.12. The van der Waals surface area contributed by atoms with Gasteiger partial charge in [-0.3, -0.25) is 0 Å². The number of nitrogens with one attached hydrogen (secondary N) is 1. The predicted molar refractivity (Wildman–Crippen MR) is 73.6 cm³/mol. The molecule has 1 saturated heterocycles. The lowest BCUT2D eigenvalue weighted by Gasteiger charge is -2.29. The molecule has 5 heteroatoms. The zero-order valence-electron chi connectivity index (χ0n) is 12.1. The molecule has 0 bridgehead atoms. The average Bonchev–Trinajstić information content (AvgIpc) is 2.30. The van der Waals surface area contributed by atoms with Gasteiger partial charge in [-0.2, -0.15) is 4.98 Å². The molecule has 2 atom stereocenters. The Morgan fingerprint density at radius 2 is 2.16 bits per heavy atom. The third kappa shape index (κ3) is 4.06. The van der Waals surface area contributed by atoms with E-state index in [1.807, 2.05) is 26.8 Å². The van der Waals surface area contributed by atoms with Crippen molar-refractivity contribution in [3.05, 3.63) is 11.8 Å². The van der Waals surface area contributed by atoms with Gasteiger partial charge in [0, 0.05) is 18.3 Å². The van der Waals surface area contributed by atoms with Gasteiger partial charge in [-0.05, 0) is 39.7 Å². The molecule has 0 amide bonds. The third-order valence-electron chi connectivity index (χ3n) is 3.18. The van der Waals surface area contributed by atoms with Gasteiger partial charge >= 0.3 is 6.01 Å². The minimum Gasteiger partial charge on any atom is -0.475 e. The minimum absolute atomic E-state index is 0.0948. The van der Waals surface area contributed by atoms with Crippen LogP contribution in [-0.4, -0.2) is 35.3 Å². The fraction of sp³-hybridized carbons (Fsp3) is 0.714. The summed E-state index contributed by atoms with van der Waals surface area (Å²) >= 11 is 0. The molecule has 1 aromatic heterocycles. The maximum atomic E-state index is 5.91. The Labute approximate surface area is 114 Å². The first-order valence-corrected chi connectivity index (χ1v) is 6.94. The highest BCUT2D eigenvalue weighted by molar-refractivity contribution is 5.18. The van der Waals surface area contributed by atoms with Crippen molar-refractivity contribution < 1.29 is 9.47 Å². The number of rotatable bonds is 4. The van der Waals surface area contributed by atoms with Crippen molar-refractivity contribution in [3.8, 4) is 11.9 Å². The van der Waals surface area contributed by atoms with Gasteiger partial charge in [0.25, 0.3) is 0 Å². The topological polar surface area (TPSA) is 56.3 Å². The van der Waals surface area contributed by atoms with E-state index in [0.29, 0.717) is 17.8 Å². The number of nitrogens with zero attached hydrogens (tertiary/aromatic N) is 2. The Morgan fingerprint density at radius 1 is 1.37 bits per heavy atom. The third-order valence-corrected chi connectivity index (χ3v) is 3.18. The molecule has 106 valence electrons. The number of aryl methyl sites for hydroxylation is 1. The molecule has 0 radical (unpaired) electrons. The van der Waals surface area contributed by atoms with Crippen LogP contribution in [0.3, 0.4) is 0 Å². The Kier molecular flexibility index (Phi) is 4.58. The van der Waals surface area contributed by atoms with E-state index in [4.69, 9.17) is 9.47 Å². The Bertz CT molecular complexity index is 423. The summed E-state index contributed by atoms with van der Waals surface area (Å²) in [4.78, 5) is 8.65. The van der Waals surface area contributed by atoms with Crippen molar-refractivity contribution in [3.63, 3.8) is 0 Å². The van der Waals surface area contributed by atoms with E-state index >= 15 is 0 Å². The van der Waals surface area contributed by atoms with Gasteiger partial charge in [0.1, 0.15) is 6.10 Å². The maximum absolute atomic E-state index is 5.91. The highest BCUT2D eigenvalue weighted by Crippen LogP contribution is 2.20. The van der Waals surface area contributed by atoms with E-state index in [-0.39, 0.29) is 12.2 Å². The van der Waals surface area contributed by atoms with Crippen LogP contribution in [-0.2, 0) is 0 Å². The monoisotopic (exact) mass is 265 g/mol. The number of ether oxygens (including phenoxy) is 2. The summed E-state index contributed by atoms with van der Waals surface area (Å²) in [6.07, 6.45) is 1.34.